The van der Waals surface area contributed by atoms with E-state index in [1.807, 2.05) is 19.9 Å². The number of hydrogen-bond acceptors (Lipinski definition) is 3. The fraction of sp³-hybridized carbons (Fsp3) is 0.545. The zero-order valence-electron chi connectivity index (χ0n) is 9.34. The molecule has 1 heterocycles. The van der Waals surface area contributed by atoms with E-state index in [4.69, 9.17) is 4.55 Å². The summed E-state index contributed by atoms with van der Waals surface area (Å²) in [6.45, 7) is 3.88. The molecular weight excluding hydrogens is 226 g/mol. The molecule has 1 aliphatic carbocycles. The van der Waals surface area contributed by atoms with Crippen LogP contribution in [0.5, 0.6) is 0 Å². The van der Waals surface area contributed by atoms with Crippen LogP contribution >= 0.6 is 0 Å². The molecule has 0 radical (unpaired) electrons. The monoisotopic (exact) mass is 241 g/mol. The van der Waals surface area contributed by atoms with E-state index < -0.39 is 10.1 Å². The van der Waals surface area contributed by atoms with Gasteiger partial charge in [0.15, 0.2) is 0 Å². The molecule has 0 aromatic rings. The molecule has 88 valence electrons. The number of hydrogen-bond donors (Lipinski definition) is 1. The van der Waals surface area contributed by atoms with Gasteiger partial charge in [0.25, 0.3) is 10.1 Å². The van der Waals surface area contributed by atoms with Gasteiger partial charge in [-0.3, -0.25) is 9.55 Å². The Morgan fingerprint density at radius 2 is 2.25 bits per heavy atom. The highest BCUT2D eigenvalue weighted by Gasteiger charge is 2.36. The summed E-state index contributed by atoms with van der Waals surface area (Å²) in [7, 11) is -4.03. The summed E-state index contributed by atoms with van der Waals surface area (Å²) in [5.41, 5.74) is 2.10. The van der Waals surface area contributed by atoms with Crippen molar-refractivity contribution < 1.29 is 13.0 Å². The summed E-state index contributed by atoms with van der Waals surface area (Å²) in [6, 6.07) is 0.150. The van der Waals surface area contributed by atoms with Crippen molar-refractivity contribution in [3.8, 4) is 0 Å². The lowest BCUT2D eigenvalue weighted by molar-refractivity contribution is 0.464. The predicted octanol–water partition coefficient (Wildman–Crippen LogP) is 1.96. The second-order valence-electron chi connectivity index (χ2n) is 4.22. The van der Waals surface area contributed by atoms with Crippen molar-refractivity contribution in [1.29, 1.82) is 0 Å². The molecule has 5 heteroatoms. The highest BCUT2D eigenvalue weighted by molar-refractivity contribution is 7.89. The van der Waals surface area contributed by atoms with E-state index in [0.717, 1.165) is 11.3 Å². The minimum atomic E-state index is -4.03. The topological polar surface area (TPSA) is 66.7 Å². The van der Waals surface area contributed by atoms with Gasteiger partial charge in [-0.05, 0) is 32.3 Å². The smallest absolute Gasteiger partial charge is 0.285 e. The Morgan fingerprint density at radius 1 is 1.56 bits per heavy atom. The quantitative estimate of drug-likeness (QED) is 0.713. The summed E-state index contributed by atoms with van der Waals surface area (Å²) in [6.07, 6.45) is 4.53. The summed E-state index contributed by atoms with van der Waals surface area (Å²) >= 11 is 0. The standard InChI is InChI=1S/C11H15NO3S/c1-3-9-7(2)12-11-5-4-8(6-10(9)11)16(13,14)15/h3-4,10-11H,5-6H2,1-2H3,(H,13,14,15)/b9-3-/t10-,11-/m1/s1. The molecule has 0 unspecified atom stereocenters. The molecular formula is C11H15NO3S. The first-order valence-corrected chi connectivity index (χ1v) is 6.75. The van der Waals surface area contributed by atoms with Gasteiger partial charge in [-0.2, -0.15) is 8.42 Å². The Kier molecular flexibility index (Phi) is 2.75. The van der Waals surface area contributed by atoms with Gasteiger partial charge >= 0.3 is 0 Å². The first-order valence-electron chi connectivity index (χ1n) is 5.31. The Morgan fingerprint density at radius 3 is 2.81 bits per heavy atom. The molecule has 0 fully saturated rings. The lowest BCUT2D eigenvalue weighted by atomic mass is 9.85. The molecule has 1 N–H and O–H groups in total. The Bertz CT molecular complexity index is 499. The minimum Gasteiger partial charge on any atom is -0.285 e. The van der Waals surface area contributed by atoms with Gasteiger partial charge < -0.3 is 0 Å². The van der Waals surface area contributed by atoms with Crippen molar-refractivity contribution in [2.75, 3.05) is 0 Å². The zero-order chi connectivity index (χ0) is 11.9. The van der Waals surface area contributed by atoms with Gasteiger partial charge in [0.05, 0.1) is 10.9 Å². The van der Waals surface area contributed by atoms with Gasteiger partial charge in [0, 0.05) is 11.6 Å². The molecule has 0 amide bonds. The Hall–Kier alpha value is -0.940. The molecule has 2 rings (SSSR count). The van der Waals surface area contributed by atoms with Gasteiger partial charge in [-0.1, -0.05) is 12.2 Å². The molecule has 0 aromatic heterocycles. The maximum Gasteiger partial charge on any atom is 0.290 e. The molecule has 2 aliphatic rings. The first-order chi connectivity index (χ1) is 7.43. The highest BCUT2D eigenvalue weighted by atomic mass is 32.2. The van der Waals surface area contributed by atoms with Crippen LogP contribution in [0, 0.1) is 5.92 Å². The van der Waals surface area contributed by atoms with Crippen molar-refractivity contribution >= 4 is 15.8 Å². The second kappa shape index (κ2) is 3.82. The lowest BCUT2D eigenvalue weighted by Crippen LogP contribution is -2.22. The van der Waals surface area contributed by atoms with Crippen molar-refractivity contribution in [2.24, 2.45) is 10.9 Å². The van der Waals surface area contributed by atoms with Crippen LogP contribution in [-0.2, 0) is 10.1 Å². The van der Waals surface area contributed by atoms with E-state index in [-0.39, 0.29) is 16.9 Å². The molecule has 0 saturated heterocycles. The maximum absolute atomic E-state index is 11.1. The summed E-state index contributed by atoms with van der Waals surface area (Å²) < 4.78 is 31.2. The SMILES string of the molecule is C/C=C1/C(C)=N[C@@H]2CC=C(S(=O)(=O)O)C[C@H]12. The molecule has 0 bridgehead atoms. The number of fused-ring (bicyclic) bond motifs is 1. The third-order valence-corrected chi connectivity index (χ3v) is 4.29. The highest BCUT2D eigenvalue weighted by Crippen LogP contribution is 2.38. The van der Waals surface area contributed by atoms with Crippen LogP contribution in [0.4, 0.5) is 0 Å². The zero-order valence-corrected chi connectivity index (χ0v) is 10.2. The maximum atomic E-state index is 11.1. The van der Waals surface area contributed by atoms with Gasteiger partial charge in [-0.25, -0.2) is 0 Å². The molecule has 1 aliphatic heterocycles. The average molecular weight is 241 g/mol. The third-order valence-electron chi connectivity index (χ3n) is 3.29. The van der Waals surface area contributed by atoms with Crippen LogP contribution < -0.4 is 0 Å². The molecule has 0 saturated carbocycles. The lowest BCUT2D eigenvalue weighted by Gasteiger charge is -2.23. The van der Waals surface area contributed by atoms with E-state index in [1.165, 1.54) is 0 Å². The molecule has 0 spiro atoms. The number of allylic oxidation sites excluding steroid dienone is 2. The normalized spacial score (nSPS) is 32.3. The summed E-state index contributed by atoms with van der Waals surface area (Å²) in [4.78, 5) is 4.64. The molecule has 2 atom stereocenters. The number of aliphatic imine (C=N–C) groups is 1. The largest absolute Gasteiger partial charge is 0.290 e. The average Bonchev–Trinajstić information content (AvgIpc) is 2.50. The van der Waals surface area contributed by atoms with Crippen molar-refractivity contribution in [1.82, 2.24) is 0 Å². The Balaban J connectivity index is 2.31. The molecule has 16 heavy (non-hydrogen) atoms. The number of nitrogens with zero attached hydrogens (tertiary/aromatic N) is 1. The molecule has 4 nitrogen and oxygen atoms in total. The van der Waals surface area contributed by atoms with Gasteiger partial charge in [0.2, 0.25) is 0 Å². The third kappa shape index (κ3) is 1.85. The van der Waals surface area contributed by atoms with Crippen molar-refractivity contribution in [2.45, 2.75) is 32.7 Å². The Labute approximate surface area is 95.5 Å². The van der Waals surface area contributed by atoms with Gasteiger partial charge in [0.1, 0.15) is 0 Å². The second-order valence-corrected chi connectivity index (χ2v) is 5.69. The fourth-order valence-corrected chi connectivity index (χ4v) is 3.23. The van der Waals surface area contributed by atoms with E-state index in [9.17, 15) is 8.42 Å². The van der Waals surface area contributed by atoms with E-state index in [1.54, 1.807) is 6.08 Å². The predicted molar refractivity (Wildman–Crippen MR) is 63.0 cm³/mol. The summed E-state index contributed by atoms with van der Waals surface area (Å²) in [5, 5.41) is 0. The van der Waals surface area contributed by atoms with E-state index in [2.05, 4.69) is 4.99 Å². The summed E-state index contributed by atoms with van der Waals surface area (Å²) in [5.74, 6) is 0.118. The van der Waals surface area contributed by atoms with Crippen LogP contribution in [0.2, 0.25) is 0 Å². The van der Waals surface area contributed by atoms with Crippen LogP contribution in [-0.4, -0.2) is 24.7 Å². The van der Waals surface area contributed by atoms with Crippen LogP contribution in [0.1, 0.15) is 26.7 Å². The van der Waals surface area contributed by atoms with Crippen LogP contribution in [0.25, 0.3) is 0 Å². The van der Waals surface area contributed by atoms with E-state index >= 15 is 0 Å². The van der Waals surface area contributed by atoms with Crippen LogP contribution in [0.15, 0.2) is 27.6 Å². The van der Waals surface area contributed by atoms with Crippen LogP contribution in [0.3, 0.4) is 0 Å². The molecule has 0 aromatic carbocycles. The van der Waals surface area contributed by atoms with Crippen molar-refractivity contribution in [3.05, 3.63) is 22.6 Å². The van der Waals surface area contributed by atoms with Gasteiger partial charge in [-0.15, -0.1) is 0 Å². The minimum absolute atomic E-state index is 0.118. The van der Waals surface area contributed by atoms with Crippen molar-refractivity contribution in [3.63, 3.8) is 0 Å². The van der Waals surface area contributed by atoms with E-state index in [0.29, 0.717) is 12.8 Å². The first kappa shape index (κ1) is 11.5. The number of rotatable bonds is 1. The fourth-order valence-electron chi connectivity index (χ4n) is 2.54.